The zero-order chi connectivity index (χ0) is 16.9. The molecule has 0 spiro atoms. The summed E-state index contributed by atoms with van der Waals surface area (Å²) in [6.45, 7) is 7.34. The zero-order valence-electron chi connectivity index (χ0n) is 11.1. The molecule has 0 bridgehead atoms. The molecule has 0 unspecified atom stereocenters. The predicted molar refractivity (Wildman–Crippen MR) is 98.3 cm³/mol. The molecule has 4 nitrogen and oxygen atoms in total. The summed E-state index contributed by atoms with van der Waals surface area (Å²) in [5, 5.41) is 0. The molecule has 8 heteroatoms. The minimum atomic E-state index is -0.641. The first-order valence-electron chi connectivity index (χ1n) is 5.84. The number of hydrogen-bond donors (Lipinski definition) is 0. The van der Waals surface area contributed by atoms with Crippen LogP contribution in [0, 0.1) is 0 Å². The SMILES string of the molecule is C=CCc1c(Br)c(Br)c(C(=O)OBr)c(CC=C)c1C(=O)OBr. The van der Waals surface area contributed by atoms with Gasteiger partial charge in [-0.15, -0.1) is 13.2 Å². The highest BCUT2D eigenvalue weighted by Crippen LogP contribution is 2.38. The Labute approximate surface area is 162 Å². The highest BCUT2D eigenvalue weighted by Gasteiger charge is 2.29. The normalized spacial score (nSPS) is 10.0. The van der Waals surface area contributed by atoms with Crippen LogP contribution in [0.3, 0.4) is 0 Å². The van der Waals surface area contributed by atoms with Gasteiger partial charge in [-0.1, -0.05) is 12.2 Å². The van der Waals surface area contributed by atoms with Crippen LogP contribution in [0.1, 0.15) is 31.8 Å². The second-order valence-electron chi connectivity index (χ2n) is 4.05. The van der Waals surface area contributed by atoms with Gasteiger partial charge in [0, 0.05) is 8.95 Å². The molecule has 0 aliphatic rings. The van der Waals surface area contributed by atoms with Crippen LogP contribution in [-0.2, 0) is 20.5 Å². The topological polar surface area (TPSA) is 52.6 Å². The van der Waals surface area contributed by atoms with Crippen LogP contribution < -0.4 is 0 Å². The average Bonchev–Trinajstić information content (AvgIpc) is 2.51. The summed E-state index contributed by atoms with van der Waals surface area (Å²) in [6, 6.07) is 0. The first-order chi connectivity index (χ1) is 10.4. The van der Waals surface area contributed by atoms with Gasteiger partial charge in [-0.3, -0.25) is 0 Å². The van der Waals surface area contributed by atoms with Gasteiger partial charge in [0.05, 0.1) is 11.1 Å². The van der Waals surface area contributed by atoms with Gasteiger partial charge in [0.1, 0.15) is 0 Å². The summed E-state index contributed by atoms with van der Waals surface area (Å²) in [4.78, 5) is 24.3. The Hall–Kier alpha value is -0.440. The van der Waals surface area contributed by atoms with E-state index < -0.39 is 11.9 Å². The summed E-state index contributed by atoms with van der Waals surface area (Å²) < 4.78 is 10.3. The minimum absolute atomic E-state index is 0.212. The van der Waals surface area contributed by atoms with Crippen molar-refractivity contribution in [3.05, 3.63) is 56.5 Å². The Kier molecular flexibility index (Phi) is 8.02. The van der Waals surface area contributed by atoms with E-state index in [2.05, 4.69) is 85.2 Å². The van der Waals surface area contributed by atoms with Crippen molar-refractivity contribution < 1.29 is 17.2 Å². The Morgan fingerprint density at radius 1 is 0.864 bits per heavy atom. The fraction of sp³-hybridized carbons (Fsp3) is 0.143. The summed E-state index contributed by atoms with van der Waals surface area (Å²) >= 11 is 12.1. The number of carbonyl (C=O) groups is 2. The number of carbonyl (C=O) groups excluding carboxylic acids is 2. The standard InChI is InChI=1S/C14H10Br4O4/c1-3-5-7-9(13(19)21-17)8(6-4-2)11(15)12(16)10(7)14(20)22-18/h3-4H,1-2,5-6H2. The third-order valence-electron chi connectivity index (χ3n) is 2.83. The third-order valence-corrected chi connectivity index (χ3v) is 5.62. The van der Waals surface area contributed by atoms with E-state index >= 15 is 0 Å². The van der Waals surface area contributed by atoms with Crippen LogP contribution in [0.2, 0.25) is 0 Å². The van der Waals surface area contributed by atoms with Crippen LogP contribution in [0.15, 0.2) is 34.3 Å². The Morgan fingerprint density at radius 3 is 1.77 bits per heavy atom. The van der Waals surface area contributed by atoms with Crippen molar-refractivity contribution in [2.24, 2.45) is 0 Å². The van der Waals surface area contributed by atoms with Gasteiger partial charge in [0.15, 0.2) is 32.5 Å². The molecule has 118 valence electrons. The van der Waals surface area contributed by atoms with Crippen LogP contribution in [-0.4, -0.2) is 11.9 Å². The van der Waals surface area contributed by atoms with Crippen LogP contribution in [0.4, 0.5) is 0 Å². The van der Waals surface area contributed by atoms with E-state index in [-0.39, 0.29) is 17.5 Å². The number of benzene rings is 1. The van der Waals surface area contributed by atoms with Crippen molar-refractivity contribution in [3.8, 4) is 0 Å². The second-order valence-corrected chi connectivity index (χ2v) is 6.28. The molecule has 0 aliphatic heterocycles. The molecule has 0 aromatic heterocycles. The summed E-state index contributed by atoms with van der Waals surface area (Å²) in [5.74, 6) is -1.26. The van der Waals surface area contributed by atoms with Gasteiger partial charge >= 0.3 is 11.9 Å². The molecule has 1 aromatic carbocycles. The second kappa shape index (κ2) is 9.00. The van der Waals surface area contributed by atoms with E-state index in [1.807, 2.05) is 0 Å². The van der Waals surface area contributed by atoms with E-state index in [0.29, 0.717) is 26.5 Å². The molecule has 22 heavy (non-hydrogen) atoms. The van der Waals surface area contributed by atoms with E-state index in [4.69, 9.17) is 0 Å². The van der Waals surface area contributed by atoms with Crippen molar-refractivity contribution in [3.63, 3.8) is 0 Å². The van der Waals surface area contributed by atoms with E-state index in [9.17, 15) is 9.59 Å². The quantitative estimate of drug-likeness (QED) is 0.424. The first-order valence-corrected chi connectivity index (χ1v) is 8.72. The molecule has 0 saturated carbocycles. The van der Waals surface area contributed by atoms with Crippen molar-refractivity contribution in [1.82, 2.24) is 0 Å². The van der Waals surface area contributed by atoms with Gasteiger partial charge in [-0.2, -0.15) is 0 Å². The summed E-state index contributed by atoms with van der Waals surface area (Å²) in [6.07, 6.45) is 3.93. The van der Waals surface area contributed by atoms with E-state index in [0.717, 1.165) is 0 Å². The van der Waals surface area contributed by atoms with Gasteiger partial charge in [-0.25, -0.2) is 9.59 Å². The maximum absolute atomic E-state index is 12.2. The van der Waals surface area contributed by atoms with Gasteiger partial charge in [0.2, 0.25) is 0 Å². The van der Waals surface area contributed by atoms with Gasteiger partial charge in [0.25, 0.3) is 0 Å². The monoisotopic (exact) mass is 558 g/mol. The smallest absolute Gasteiger partial charge is 0.351 e. The molecule has 0 aliphatic carbocycles. The zero-order valence-corrected chi connectivity index (χ0v) is 17.5. The molecule has 0 amide bonds. The molecule has 0 saturated heterocycles. The van der Waals surface area contributed by atoms with Crippen molar-refractivity contribution in [2.45, 2.75) is 12.8 Å². The molecule has 0 fully saturated rings. The Bertz CT molecular complexity index is 640. The lowest BCUT2D eigenvalue weighted by atomic mass is 9.92. The first kappa shape index (κ1) is 19.6. The fourth-order valence-corrected chi connectivity index (χ4v) is 3.54. The summed E-state index contributed by atoms with van der Waals surface area (Å²) in [5.41, 5.74) is 1.58. The van der Waals surface area contributed by atoms with Crippen LogP contribution >= 0.6 is 64.4 Å². The molecule has 0 radical (unpaired) electrons. The van der Waals surface area contributed by atoms with Crippen molar-refractivity contribution in [2.75, 3.05) is 0 Å². The van der Waals surface area contributed by atoms with Gasteiger partial charge in [-0.05, 0) is 55.8 Å². The van der Waals surface area contributed by atoms with Gasteiger partial charge < -0.3 is 7.66 Å². The van der Waals surface area contributed by atoms with E-state index in [1.165, 1.54) is 0 Å². The van der Waals surface area contributed by atoms with E-state index in [1.54, 1.807) is 12.2 Å². The Balaban J connectivity index is 3.91. The third kappa shape index (κ3) is 3.90. The number of hydrogen-bond acceptors (Lipinski definition) is 4. The summed E-state index contributed by atoms with van der Waals surface area (Å²) in [7, 11) is 0. The van der Waals surface area contributed by atoms with Crippen LogP contribution in [0.5, 0.6) is 0 Å². The maximum atomic E-state index is 12.2. The van der Waals surface area contributed by atoms with Crippen LogP contribution in [0.25, 0.3) is 0 Å². The molecule has 0 N–H and O–H groups in total. The number of allylic oxidation sites excluding steroid dienone is 2. The van der Waals surface area contributed by atoms with Crippen molar-refractivity contribution >= 4 is 76.3 Å². The fourth-order valence-electron chi connectivity index (χ4n) is 2.01. The molecular formula is C14H10Br4O4. The molecule has 1 rings (SSSR count). The molecular weight excluding hydrogens is 552 g/mol. The molecule has 1 aromatic rings. The lowest BCUT2D eigenvalue weighted by Gasteiger charge is -2.18. The maximum Gasteiger partial charge on any atom is 0.351 e. The largest absolute Gasteiger partial charge is 0.380 e. The molecule has 0 atom stereocenters. The highest BCUT2D eigenvalue weighted by molar-refractivity contribution is 9.13. The lowest BCUT2D eigenvalue weighted by molar-refractivity contribution is 0.0779. The highest BCUT2D eigenvalue weighted by atomic mass is 79.9. The minimum Gasteiger partial charge on any atom is -0.380 e. The average molecular weight is 562 g/mol. The predicted octanol–water partition coefficient (Wildman–Crippen LogP) is 5.60. The number of halogens is 4. The molecule has 0 heterocycles. The lowest BCUT2D eigenvalue weighted by Crippen LogP contribution is -2.15. The van der Waals surface area contributed by atoms with Crippen molar-refractivity contribution in [1.29, 1.82) is 0 Å². The number of rotatable bonds is 6. The Morgan fingerprint density at radius 2 is 1.32 bits per heavy atom.